The monoisotopic (exact) mass is 526 g/mol. The van der Waals surface area contributed by atoms with Gasteiger partial charge in [-0.3, -0.25) is 9.59 Å². The Hall–Kier alpha value is -2.43. The van der Waals surface area contributed by atoms with Crippen molar-refractivity contribution in [2.75, 3.05) is 31.5 Å². The molecule has 0 heterocycles. The maximum Gasteiger partial charge on any atom is 0.321 e. The van der Waals surface area contributed by atoms with E-state index in [1.54, 1.807) is 27.7 Å². The van der Waals surface area contributed by atoms with Crippen molar-refractivity contribution in [2.24, 2.45) is 5.92 Å². The molecule has 0 aliphatic heterocycles. The maximum atomic E-state index is 14.6. The minimum Gasteiger partial charge on any atom is -0.744 e. The average Bonchev–Trinajstić information content (AvgIpc) is 2.72. The van der Waals surface area contributed by atoms with Crippen LogP contribution in [0.1, 0.15) is 31.9 Å². The van der Waals surface area contributed by atoms with Crippen molar-refractivity contribution in [3.05, 3.63) is 53.3 Å². The molecule has 0 fully saturated rings. The van der Waals surface area contributed by atoms with E-state index in [1.165, 1.54) is 30.3 Å². The first kappa shape index (κ1) is 28.8. The van der Waals surface area contributed by atoms with Crippen LogP contribution in [0.15, 0.2) is 41.3 Å². The second-order valence-corrected chi connectivity index (χ2v) is 12.2. The molecular weight excluding hydrogens is 495 g/mol. The summed E-state index contributed by atoms with van der Waals surface area (Å²) in [4.78, 5) is 25.7. The van der Waals surface area contributed by atoms with Gasteiger partial charge in [-0.1, -0.05) is 23.8 Å². The largest absolute Gasteiger partial charge is 0.744 e. The maximum absolute atomic E-state index is 14.6. The molecule has 0 saturated carbocycles. The highest BCUT2D eigenvalue weighted by molar-refractivity contribution is 7.95. The molecule has 0 N–H and O–H groups in total. The van der Waals surface area contributed by atoms with Crippen LogP contribution in [0, 0.1) is 18.7 Å². The lowest BCUT2D eigenvalue weighted by Gasteiger charge is -2.35. The lowest BCUT2D eigenvalue weighted by molar-refractivity contribution is -0.164. The summed E-state index contributed by atoms with van der Waals surface area (Å²) in [5, 5.41) is 0. The first-order valence-electron chi connectivity index (χ1n) is 11.0. The van der Waals surface area contributed by atoms with Gasteiger partial charge in [0.1, 0.15) is 21.7 Å². The van der Waals surface area contributed by atoms with E-state index in [2.05, 4.69) is 0 Å². The van der Waals surface area contributed by atoms with Gasteiger partial charge in [-0.2, -0.15) is 0 Å². The number of aryl methyl sites for hydroxylation is 1. The zero-order valence-electron chi connectivity index (χ0n) is 20.7. The third-order valence-electron chi connectivity index (χ3n) is 5.56. The quantitative estimate of drug-likeness (QED) is 0.201. The highest BCUT2D eigenvalue weighted by Gasteiger charge is 2.51. The lowest BCUT2D eigenvalue weighted by atomic mass is 9.70. The molecule has 35 heavy (non-hydrogen) atoms. The topological polar surface area (TPSA) is 110 Å². The molecule has 0 aliphatic carbocycles. The minimum absolute atomic E-state index is 0.000665. The van der Waals surface area contributed by atoms with Crippen LogP contribution in [0.2, 0.25) is 0 Å². The molecule has 0 saturated heterocycles. The van der Waals surface area contributed by atoms with E-state index in [0.717, 1.165) is 6.07 Å². The minimum atomic E-state index is -4.92. The molecule has 10 heteroatoms. The molecule has 1 unspecified atom stereocenters. The van der Waals surface area contributed by atoms with Gasteiger partial charge in [0, 0.05) is 0 Å². The summed E-state index contributed by atoms with van der Waals surface area (Å²) in [7, 11) is -5.25. The Bertz CT molecular complexity index is 1180. The summed E-state index contributed by atoms with van der Waals surface area (Å²) in [6.07, 6.45) is 3.85. The molecule has 2 aromatic rings. The number of carbonyl (C=O) groups excluding carboxylic acids is 2. The fraction of sp³-hybridized carbons (Fsp3) is 0.440. The molecular formula is C25H31FO7S2. The van der Waals surface area contributed by atoms with Crippen LogP contribution in [0.4, 0.5) is 4.39 Å². The molecule has 1 atom stereocenters. The summed E-state index contributed by atoms with van der Waals surface area (Å²) in [5.74, 6) is -3.36. The van der Waals surface area contributed by atoms with Gasteiger partial charge in [-0.05, 0) is 73.5 Å². The van der Waals surface area contributed by atoms with Crippen LogP contribution in [-0.4, -0.2) is 56.4 Å². The predicted molar refractivity (Wildman–Crippen MR) is 133 cm³/mol. The van der Waals surface area contributed by atoms with Crippen molar-refractivity contribution in [3.8, 4) is 11.1 Å². The highest BCUT2D eigenvalue weighted by atomic mass is 32.2. The summed E-state index contributed by atoms with van der Waals surface area (Å²) in [6.45, 7) is 6.67. The zero-order chi connectivity index (χ0) is 26.6. The van der Waals surface area contributed by atoms with Crippen LogP contribution < -0.4 is 0 Å². The summed E-state index contributed by atoms with van der Waals surface area (Å²) < 4.78 is 61.3. The number of rotatable bonds is 10. The van der Waals surface area contributed by atoms with Crippen molar-refractivity contribution in [2.45, 2.75) is 38.0 Å². The van der Waals surface area contributed by atoms with Crippen molar-refractivity contribution in [1.82, 2.24) is 0 Å². The fourth-order valence-electron chi connectivity index (χ4n) is 4.29. The van der Waals surface area contributed by atoms with Gasteiger partial charge >= 0.3 is 11.9 Å². The third kappa shape index (κ3) is 6.62. The second-order valence-electron chi connectivity index (χ2n) is 8.63. The Morgan fingerprint density at radius 1 is 1.03 bits per heavy atom. The molecule has 0 spiro atoms. The second kappa shape index (κ2) is 11.5. The summed E-state index contributed by atoms with van der Waals surface area (Å²) >= 11 is 0. The van der Waals surface area contributed by atoms with Gasteiger partial charge in [0.25, 0.3) is 0 Å². The van der Waals surface area contributed by atoms with Gasteiger partial charge < -0.3 is 14.0 Å². The highest BCUT2D eigenvalue weighted by Crippen LogP contribution is 2.43. The molecule has 7 nitrogen and oxygen atoms in total. The first-order valence-corrected chi connectivity index (χ1v) is 14.6. The first-order chi connectivity index (χ1) is 16.3. The van der Waals surface area contributed by atoms with E-state index in [0.29, 0.717) is 16.9 Å². The standard InChI is InChI=1S/C25H31FO7S2/c1-7-32-23(27)22(24(28)33-8-2)25(4,15-34(5)6)20-11-10-17(26)14-18(20)19-13-16(3)9-12-21(19)35(29,30)31/h9-14,22H,7-8,15H2,1-6H3. The SMILES string of the molecule is CCOC(=O)C(C(=O)OCC)C(C)(C[S+](C)C)c1ccc(F)cc1-c1cc(C)ccc1S(=O)(=O)[O-]. The number of benzene rings is 2. The van der Waals surface area contributed by atoms with Gasteiger partial charge in [-0.15, -0.1) is 0 Å². The normalized spacial score (nSPS) is 13.5. The van der Waals surface area contributed by atoms with Gasteiger partial charge in [0.15, 0.2) is 5.92 Å². The van der Waals surface area contributed by atoms with E-state index in [4.69, 9.17) is 9.47 Å². The summed E-state index contributed by atoms with van der Waals surface area (Å²) in [5.41, 5.74) is -0.194. The van der Waals surface area contributed by atoms with Crippen LogP contribution in [0.3, 0.4) is 0 Å². The molecule has 0 aromatic heterocycles. The van der Waals surface area contributed by atoms with E-state index in [9.17, 15) is 27.0 Å². The third-order valence-corrected chi connectivity index (χ3v) is 7.63. The number of hydrogen-bond donors (Lipinski definition) is 0. The molecule has 2 aromatic carbocycles. The van der Waals surface area contributed by atoms with E-state index in [1.807, 2.05) is 12.5 Å². The van der Waals surface area contributed by atoms with Gasteiger partial charge in [0.05, 0.1) is 36.0 Å². The van der Waals surface area contributed by atoms with Gasteiger partial charge in [-0.25, -0.2) is 12.8 Å². The van der Waals surface area contributed by atoms with Crippen LogP contribution in [0.5, 0.6) is 0 Å². The number of halogens is 1. The van der Waals surface area contributed by atoms with Crippen molar-refractivity contribution < 1.29 is 36.4 Å². The van der Waals surface area contributed by atoms with Crippen molar-refractivity contribution >= 4 is 33.0 Å². The Labute approximate surface area is 209 Å². The molecule has 0 radical (unpaired) electrons. The molecule has 0 bridgehead atoms. The van der Waals surface area contributed by atoms with E-state index >= 15 is 0 Å². The predicted octanol–water partition coefficient (Wildman–Crippen LogP) is 3.58. The average molecular weight is 527 g/mol. The van der Waals surface area contributed by atoms with E-state index in [-0.39, 0.29) is 35.2 Å². The van der Waals surface area contributed by atoms with Gasteiger partial charge in [0.2, 0.25) is 0 Å². The number of carbonyl (C=O) groups is 2. The molecule has 192 valence electrons. The van der Waals surface area contributed by atoms with Crippen LogP contribution in [-0.2, 0) is 45.5 Å². The molecule has 0 aliphatic rings. The fourth-order valence-corrected chi connectivity index (χ4v) is 6.49. The van der Waals surface area contributed by atoms with Crippen molar-refractivity contribution in [3.63, 3.8) is 0 Å². The smallest absolute Gasteiger partial charge is 0.321 e. The molecule has 2 rings (SSSR count). The Balaban J connectivity index is 2.98. The Morgan fingerprint density at radius 2 is 1.60 bits per heavy atom. The summed E-state index contributed by atoms with van der Waals surface area (Å²) in [6, 6.07) is 7.85. The Kier molecular flexibility index (Phi) is 9.49. The lowest BCUT2D eigenvalue weighted by Crippen LogP contribution is -2.48. The van der Waals surface area contributed by atoms with E-state index < -0.39 is 44.1 Å². The van der Waals surface area contributed by atoms with Crippen molar-refractivity contribution in [1.29, 1.82) is 0 Å². The number of esters is 2. The number of hydrogen-bond acceptors (Lipinski definition) is 7. The zero-order valence-corrected chi connectivity index (χ0v) is 22.3. The Morgan fingerprint density at radius 3 is 2.09 bits per heavy atom. The van der Waals surface area contributed by atoms with Crippen LogP contribution >= 0.6 is 0 Å². The number of ether oxygens (including phenoxy) is 2. The molecule has 0 amide bonds. The van der Waals surface area contributed by atoms with Crippen LogP contribution in [0.25, 0.3) is 11.1 Å².